The van der Waals surface area contributed by atoms with Gasteiger partial charge in [0.25, 0.3) is 10.0 Å². The maximum Gasteiger partial charge on any atom is 0.264 e. The Hall–Kier alpha value is -2.15. The van der Waals surface area contributed by atoms with Crippen LogP contribution in [0.15, 0.2) is 47.4 Å². The second-order valence-electron chi connectivity index (χ2n) is 4.87. The molecule has 0 atom stereocenters. The molecular formula is C15H15F2NO3S. The van der Waals surface area contributed by atoms with E-state index in [2.05, 4.69) is 4.72 Å². The van der Waals surface area contributed by atoms with E-state index in [1.54, 1.807) is 12.1 Å². The number of halogens is 2. The molecule has 1 N–H and O–H groups in total. The van der Waals surface area contributed by atoms with Crippen LogP contribution in [-0.4, -0.2) is 14.5 Å². The van der Waals surface area contributed by atoms with Crippen LogP contribution in [0.5, 0.6) is 5.75 Å². The zero-order valence-electron chi connectivity index (χ0n) is 12.0. The van der Waals surface area contributed by atoms with E-state index < -0.39 is 26.6 Å². The summed E-state index contributed by atoms with van der Waals surface area (Å²) in [6.45, 7) is 3.74. The van der Waals surface area contributed by atoms with Crippen molar-refractivity contribution in [1.29, 1.82) is 0 Å². The zero-order chi connectivity index (χ0) is 16.3. The van der Waals surface area contributed by atoms with E-state index in [1.165, 1.54) is 12.1 Å². The highest BCUT2D eigenvalue weighted by Gasteiger charge is 2.19. The highest BCUT2D eigenvalue weighted by molar-refractivity contribution is 7.92. The zero-order valence-corrected chi connectivity index (χ0v) is 12.8. The molecule has 22 heavy (non-hydrogen) atoms. The van der Waals surface area contributed by atoms with Crippen molar-refractivity contribution in [1.82, 2.24) is 0 Å². The Morgan fingerprint density at radius 2 is 1.68 bits per heavy atom. The number of nitrogens with one attached hydrogen (secondary N) is 1. The highest BCUT2D eigenvalue weighted by atomic mass is 32.2. The largest absolute Gasteiger partial charge is 0.491 e. The van der Waals surface area contributed by atoms with Crippen LogP contribution in [0.2, 0.25) is 0 Å². The van der Waals surface area contributed by atoms with Gasteiger partial charge in [-0.05, 0) is 50.2 Å². The van der Waals surface area contributed by atoms with Gasteiger partial charge in [0.05, 0.1) is 6.10 Å². The van der Waals surface area contributed by atoms with E-state index in [9.17, 15) is 17.2 Å². The Balaban J connectivity index is 2.21. The van der Waals surface area contributed by atoms with Gasteiger partial charge >= 0.3 is 0 Å². The van der Waals surface area contributed by atoms with Crippen LogP contribution in [0.4, 0.5) is 14.5 Å². The standard InChI is InChI=1S/C15H15F2NO3S/c1-10(2)21-13-6-4-12(5-7-13)18-22(19,20)15-8-3-11(16)9-14(15)17/h3-10,18H,1-2H3. The molecule has 2 aromatic carbocycles. The summed E-state index contributed by atoms with van der Waals surface area (Å²) in [6, 6.07) is 8.47. The summed E-state index contributed by atoms with van der Waals surface area (Å²) in [4.78, 5) is -0.614. The fourth-order valence-electron chi connectivity index (χ4n) is 1.78. The molecule has 2 rings (SSSR count). The summed E-state index contributed by atoms with van der Waals surface area (Å²) in [5, 5.41) is 0. The molecular weight excluding hydrogens is 312 g/mol. The second kappa shape index (κ2) is 6.31. The molecule has 4 nitrogen and oxygen atoms in total. The van der Waals surface area contributed by atoms with Crippen LogP contribution in [0.25, 0.3) is 0 Å². The third-order valence-electron chi connectivity index (χ3n) is 2.66. The van der Waals surface area contributed by atoms with Crippen molar-refractivity contribution < 1.29 is 21.9 Å². The van der Waals surface area contributed by atoms with Gasteiger partial charge in [-0.3, -0.25) is 4.72 Å². The summed E-state index contributed by atoms with van der Waals surface area (Å²) < 4.78 is 58.3. The molecule has 0 aliphatic heterocycles. The fourth-order valence-corrected chi connectivity index (χ4v) is 2.90. The van der Waals surface area contributed by atoms with Crippen molar-refractivity contribution in [2.45, 2.75) is 24.8 Å². The molecule has 0 bridgehead atoms. The quantitative estimate of drug-likeness (QED) is 0.913. The third-order valence-corrected chi connectivity index (χ3v) is 4.08. The first-order chi connectivity index (χ1) is 10.3. The molecule has 118 valence electrons. The predicted octanol–water partition coefficient (Wildman–Crippen LogP) is 3.55. The summed E-state index contributed by atoms with van der Waals surface area (Å²) in [7, 11) is -4.13. The molecule has 7 heteroatoms. The van der Waals surface area contributed by atoms with Crippen molar-refractivity contribution in [3.8, 4) is 5.75 Å². The maximum atomic E-state index is 13.6. The minimum atomic E-state index is -4.13. The van der Waals surface area contributed by atoms with Gasteiger partial charge in [-0.1, -0.05) is 0 Å². The van der Waals surface area contributed by atoms with E-state index in [0.29, 0.717) is 11.8 Å². The van der Waals surface area contributed by atoms with Crippen molar-refractivity contribution in [2.75, 3.05) is 4.72 Å². The van der Waals surface area contributed by atoms with E-state index in [-0.39, 0.29) is 11.8 Å². The molecule has 0 aliphatic rings. The van der Waals surface area contributed by atoms with Crippen molar-refractivity contribution >= 4 is 15.7 Å². The van der Waals surface area contributed by atoms with Gasteiger partial charge in [0.2, 0.25) is 0 Å². The molecule has 0 saturated heterocycles. The van der Waals surface area contributed by atoms with E-state index in [4.69, 9.17) is 4.74 Å². The molecule has 0 unspecified atom stereocenters. The number of benzene rings is 2. The molecule has 0 heterocycles. The van der Waals surface area contributed by atoms with E-state index >= 15 is 0 Å². The Bertz CT molecular complexity index is 759. The van der Waals surface area contributed by atoms with Gasteiger partial charge in [-0.25, -0.2) is 17.2 Å². The highest BCUT2D eigenvalue weighted by Crippen LogP contribution is 2.22. The lowest BCUT2D eigenvalue weighted by Crippen LogP contribution is -2.14. The summed E-state index contributed by atoms with van der Waals surface area (Å²) in [5.74, 6) is -1.40. The number of hydrogen-bond donors (Lipinski definition) is 1. The normalized spacial score (nSPS) is 11.5. The van der Waals surface area contributed by atoms with Crippen molar-refractivity contribution in [3.05, 3.63) is 54.1 Å². The van der Waals surface area contributed by atoms with Gasteiger partial charge in [-0.15, -0.1) is 0 Å². The fraction of sp³-hybridized carbons (Fsp3) is 0.200. The second-order valence-corrected chi connectivity index (χ2v) is 6.52. The summed E-state index contributed by atoms with van der Waals surface area (Å²) in [5.41, 5.74) is 0.250. The number of rotatable bonds is 5. The smallest absolute Gasteiger partial charge is 0.264 e. The molecule has 0 aromatic heterocycles. The van der Waals surface area contributed by atoms with Crippen LogP contribution in [0, 0.1) is 11.6 Å². The predicted molar refractivity (Wildman–Crippen MR) is 79.4 cm³/mol. The van der Waals surface area contributed by atoms with Crippen molar-refractivity contribution in [3.63, 3.8) is 0 Å². The van der Waals surface area contributed by atoms with Gasteiger partial charge in [0.15, 0.2) is 0 Å². The monoisotopic (exact) mass is 327 g/mol. The Kier molecular flexibility index (Phi) is 4.65. The van der Waals surface area contributed by atoms with Crippen LogP contribution in [-0.2, 0) is 10.0 Å². The number of hydrogen-bond acceptors (Lipinski definition) is 3. The average Bonchev–Trinajstić information content (AvgIpc) is 2.39. The molecule has 2 aromatic rings. The SMILES string of the molecule is CC(C)Oc1ccc(NS(=O)(=O)c2ccc(F)cc2F)cc1. The molecule has 0 saturated carbocycles. The lowest BCUT2D eigenvalue weighted by atomic mass is 10.3. The van der Waals surface area contributed by atoms with Crippen LogP contribution < -0.4 is 9.46 Å². The first kappa shape index (κ1) is 16.2. The summed E-state index contributed by atoms with van der Waals surface area (Å²) in [6.07, 6.45) is -0.00384. The van der Waals surface area contributed by atoms with Crippen LogP contribution in [0.3, 0.4) is 0 Å². The third kappa shape index (κ3) is 3.94. The molecule has 0 spiro atoms. The molecule has 0 fully saturated rings. The molecule has 0 radical (unpaired) electrons. The van der Waals surface area contributed by atoms with E-state index in [0.717, 1.165) is 12.1 Å². The number of anilines is 1. The lowest BCUT2D eigenvalue weighted by Gasteiger charge is -2.12. The van der Waals surface area contributed by atoms with Gasteiger partial charge in [0.1, 0.15) is 22.3 Å². The van der Waals surface area contributed by atoms with Gasteiger partial charge in [0, 0.05) is 11.8 Å². The first-order valence-corrected chi connectivity index (χ1v) is 8.01. The van der Waals surface area contributed by atoms with Gasteiger partial charge < -0.3 is 4.74 Å². The van der Waals surface area contributed by atoms with Crippen LogP contribution in [0.1, 0.15) is 13.8 Å². The average molecular weight is 327 g/mol. The first-order valence-electron chi connectivity index (χ1n) is 6.52. The lowest BCUT2D eigenvalue weighted by molar-refractivity contribution is 0.242. The van der Waals surface area contributed by atoms with Gasteiger partial charge in [-0.2, -0.15) is 0 Å². The van der Waals surface area contributed by atoms with Crippen molar-refractivity contribution in [2.24, 2.45) is 0 Å². The minimum Gasteiger partial charge on any atom is -0.491 e. The minimum absolute atomic E-state index is 0.00384. The Morgan fingerprint density at radius 1 is 1.05 bits per heavy atom. The van der Waals surface area contributed by atoms with Crippen LogP contribution >= 0.6 is 0 Å². The summed E-state index contributed by atoms with van der Waals surface area (Å²) >= 11 is 0. The molecule has 0 amide bonds. The Morgan fingerprint density at radius 3 is 2.23 bits per heavy atom. The number of ether oxygens (including phenoxy) is 1. The Labute approximate surface area is 127 Å². The maximum absolute atomic E-state index is 13.6. The molecule has 0 aliphatic carbocycles. The topological polar surface area (TPSA) is 55.4 Å². The number of sulfonamides is 1. The van der Waals surface area contributed by atoms with E-state index in [1.807, 2.05) is 13.8 Å².